The molecule has 1 saturated carbocycles. The number of rotatable bonds is 5. The SMILES string of the molecule is CNc1nccnc1C1CN(C(=O)CN(C)C2CCCC2)CCO1. The second kappa shape index (κ2) is 7.90. The molecule has 1 aromatic rings. The molecule has 1 aromatic heterocycles. The lowest BCUT2D eigenvalue weighted by Crippen LogP contribution is -2.47. The van der Waals surface area contributed by atoms with Crippen molar-refractivity contribution in [3.05, 3.63) is 18.1 Å². The van der Waals surface area contributed by atoms with Crippen LogP contribution in [-0.4, -0.2) is 72.1 Å². The van der Waals surface area contributed by atoms with Gasteiger partial charge in [0.1, 0.15) is 17.6 Å². The molecule has 0 spiro atoms. The van der Waals surface area contributed by atoms with E-state index in [9.17, 15) is 4.79 Å². The number of ether oxygens (including phenoxy) is 1. The third-order valence-electron chi connectivity index (χ3n) is 5.02. The standard InChI is InChI=1S/C17H27N5O2/c1-18-17-16(19-7-8-20-17)14-11-22(9-10-24-14)15(23)12-21(2)13-5-3-4-6-13/h7-8,13-14H,3-6,9-12H2,1-2H3,(H,18,20). The smallest absolute Gasteiger partial charge is 0.236 e. The van der Waals surface area contributed by atoms with Crippen molar-refractivity contribution in [3.8, 4) is 0 Å². The van der Waals surface area contributed by atoms with Gasteiger partial charge in [-0.25, -0.2) is 4.98 Å². The van der Waals surface area contributed by atoms with Gasteiger partial charge in [0.2, 0.25) is 5.91 Å². The second-order valence-electron chi connectivity index (χ2n) is 6.59. The van der Waals surface area contributed by atoms with Crippen LogP contribution in [0.5, 0.6) is 0 Å². The lowest BCUT2D eigenvalue weighted by Gasteiger charge is -2.34. The summed E-state index contributed by atoms with van der Waals surface area (Å²) in [5.41, 5.74) is 0.765. The van der Waals surface area contributed by atoms with E-state index in [0.717, 1.165) is 5.69 Å². The Balaban J connectivity index is 1.61. The summed E-state index contributed by atoms with van der Waals surface area (Å²) in [7, 11) is 3.88. The largest absolute Gasteiger partial charge is 0.372 e. The van der Waals surface area contributed by atoms with Crippen LogP contribution in [0, 0.1) is 0 Å². The first-order chi connectivity index (χ1) is 11.7. The molecule has 1 aliphatic heterocycles. The second-order valence-corrected chi connectivity index (χ2v) is 6.59. The Morgan fingerprint density at radius 2 is 2.12 bits per heavy atom. The molecule has 7 nitrogen and oxygen atoms in total. The van der Waals surface area contributed by atoms with Crippen molar-refractivity contribution in [2.75, 3.05) is 45.7 Å². The average Bonchev–Trinajstić information content (AvgIpc) is 3.16. The molecule has 1 atom stereocenters. The number of anilines is 1. The van der Waals surface area contributed by atoms with E-state index in [-0.39, 0.29) is 12.0 Å². The highest BCUT2D eigenvalue weighted by molar-refractivity contribution is 5.78. The van der Waals surface area contributed by atoms with Crippen LogP contribution < -0.4 is 5.32 Å². The van der Waals surface area contributed by atoms with Crippen molar-refractivity contribution in [1.82, 2.24) is 19.8 Å². The molecule has 24 heavy (non-hydrogen) atoms. The first-order valence-corrected chi connectivity index (χ1v) is 8.77. The van der Waals surface area contributed by atoms with Gasteiger partial charge in [-0.05, 0) is 19.9 Å². The van der Waals surface area contributed by atoms with Gasteiger partial charge in [0.25, 0.3) is 0 Å². The lowest BCUT2D eigenvalue weighted by molar-refractivity contribution is -0.140. The minimum absolute atomic E-state index is 0.174. The molecule has 132 valence electrons. The third kappa shape index (κ3) is 3.84. The fourth-order valence-corrected chi connectivity index (χ4v) is 3.61. The first-order valence-electron chi connectivity index (χ1n) is 8.77. The Bertz CT molecular complexity index is 562. The van der Waals surface area contributed by atoms with Gasteiger partial charge in [0.15, 0.2) is 0 Å². The first kappa shape index (κ1) is 17.1. The van der Waals surface area contributed by atoms with E-state index in [4.69, 9.17) is 4.74 Å². The minimum Gasteiger partial charge on any atom is -0.372 e. The van der Waals surface area contributed by atoms with E-state index in [2.05, 4.69) is 27.2 Å². The van der Waals surface area contributed by atoms with Gasteiger partial charge in [-0.1, -0.05) is 12.8 Å². The summed E-state index contributed by atoms with van der Waals surface area (Å²) in [6.45, 7) is 2.19. The molecule has 1 saturated heterocycles. The molecule has 1 amide bonds. The predicted molar refractivity (Wildman–Crippen MR) is 91.7 cm³/mol. The van der Waals surface area contributed by atoms with Crippen molar-refractivity contribution in [1.29, 1.82) is 0 Å². The third-order valence-corrected chi connectivity index (χ3v) is 5.02. The number of morpholine rings is 1. The summed E-state index contributed by atoms with van der Waals surface area (Å²) in [4.78, 5) is 25.4. The normalized spacial score (nSPS) is 22.1. The van der Waals surface area contributed by atoms with E-state index in [1.54, 1.807) is 12.4 Å². The number of hydrogen-bond donors (Lipinski definition) is 1. The number of carbonyl (C=O) groups is 1. The molecule has 3 rings (SSSR count). The zero-order chi connectivity index (χ0) is 16.9. The molecular weight excluding hydrogens is 306 g/mol. The van der Waals surface area contributed by atoms with Gasteiger partial charge in [0.05, 0.1) is 19.7 Å². The Morgan fingerprint density at radius 3 is 2.88 bits per heavy atom. The quantitative estimate of drug-likeness (QED) is 0.876. The summed E-state index contributed by atoms with van der Waals surface area (Å²) in [5.74, 6) is 0.882. The molecule has 2 heterocycles. The van der Waals surface area contributed by atoms with E-state index in [1.165, 1.54) is 25.7 Å². The van der Waals surface area contributed by atoms with Gasteiger partial charge >= 0.3 is 0 Å². The van der Waals surface area contributed by atoms with Crippen LogP contribution in [0.4, 0.5) is 5.82 Å². The van der Waals surface area contributed by atoms with E-state index < -0.39 is 0 Å². The Morgan fingerprint density at radius 1 is 1.38 bits per heavy atom. The van der Waals surface area contributed by atoms with Gasteiger partial charge in [-0.15, -0.1) is 0 Å². The molecule has 1 N–H and O–H groups in total. The fourth-order valence-electron chi connectivity index (χ4n) is 3.61. The number of amides is 1. The zero-order valence-electron chi connectivity index (χ0n) is 14.6. The lowest BCUT2D eigenvalue weighted by atomic mass is 10.2. The van der Waals surface area contributed by atoms with Crippen LogP contribution in [0.15, 0.2) is 12.4 Å². The number of carbonyl (C=O) groups excluding carboxylic acids is 1. The van der Waals surface area contributed by atoms with Crippen LogP contribution >= 0.6 is 0 Å². The zero-order valence-corrected chi connectivity index (χ0v) is 14.6. The van der Waals surface area contributed by atoms with Crippen molar-refractivity contribution in [2.24, 2.45) is 0 Å². The van der Waals surface area contributed by atoms with Crippen molar-refractivity contribution >= 4 is 11.7 Å². The van der Waals surface area contributed by atoms with Crippen molar-refractivity contribution in [2.45, 2.75) is 37.8 Å². The summed E-state index contributed by atoms with van der Waals surface area (Å²) >= 11 is 0. The molecule has 0 bridgehead atoms. The number of aromatic nitrogens is 2. The van der Waals surface area contributed by atoms with Gasteiger partial charge in [-0.3, -0.25) is 14.7 Å². The molecular formula is C17H27N5O2. The monoisotopic (exact) mass is 333 g/mol. The highest BCUT2D eigenvalue weighted by Gasteiger charge is 2.30. The van der Waals surface area contributed by atoms with Crippen LogP contribution in [-0.2, 0) is 9.53 Å². The van der Waals surface area contributed by atoms with E-state index >= 15 is 0 Å². The fraction of sp³-hybridized carbons (Fsp3) is 0.706. The molecule has 2 fully saturated rings. The van der Waals surface area contributed by atoms with E-state index in [1.807, 2.05) is 11.9 Å². The molecule has 0 radical (unpaired) electrons. The number of hydrogen-bond acceptors (Lipinski definition) is 6. The van der Waals surface area contributed by atoms with Crippen molar-refractivity contribution < 1.29 is 9.53 Å². The molecule has 7 heteroatoms. The molecule has 0 aromatic carbocycles. The van der Waals surface area contributed by atoms with Crippen LogP contribution in [0.25, 0.3) is 0 Å². The number of nitrogens with one attached hydrogen (secondary N) is 1. The maximum atomic E-state index is 12.7. The van der Waals surface area contributed by atoms with Gasteiger partial charge < -0.3 is 15.0 Å². The minimum atomic E-state index is -0.226. The molecule has 1 aliphatic carbocycles. The summed E-state index contributed by atoms with van der Waals surface area (Å²) in [6, 6.07) is 0.557. The summed E-state index contributed by atoms with van der Waals surface area (Å²) in [5, 5.41) is 3.04. The van der Waals surface area contributed by atoms with E-state index in [0.29, 0.717) is 38.1 Å². The number of likely N-dealkylation sites (N-methyl/N-ethyl adjacent to an activating group) is 1. The maximum Gasteiger partial charge on any atom is 0.236 e. The summed E-state index contributed by atoms with van der Waals surface area (Å²) < 4.78 is 5.84. The Hall–Kier alpha value is -1.73. The van der Waals surface area contributed by atoms with Crippen LogP contribution in [0.1, 0.15) is 37.5 Å². The number of nitrogens with zero attached hydrogens (tertiary/aromatic N) is 4. The van der Waals surface area contributed by atoms with Gasteiger partial charge in [-0.2, -0.15) is 0 Å². The highest BCUT2D eigenvalue weighted by atomic mass is 16.5. The van der Waals surface area contributed by atoms with Gasteiger partial charge in [0, 0.05) is 32.0 Å². The van der Waals surface area contributed by atoms with Crippen LogP contribution in [0.3, 0.4) is 0 Å². The Kier molecular flexibility index (Phi) is 5.63. The highest BCUT2D eigenvalue weighted by Crippen LogP contribution is 2.26. The van der Waals surface area contributed by atoms with Crippen molar-refractivity contribution in [3.63, 3.8) is 0 Å². The van der Waals surface area contributed by atoms with Crippen LogP contribution in [0.2, 0.25) is 0 Å². The molecule has 2 aliphatic rings. The summed E-state index contributed by atoms with van der Waals surface area (Å²) in [6.07, 6.45) is 8.06. The maximum absolute atomic E-state index is 12.7. The average molecular weight is 333 g/mol. The Labute approximate surface area is 143 Å². The molecule has 1 unspecified atom stereocenters. The topological polar surface area (TPSA) is 70.6 Å². The predicted octanol–water partition coefficient (Wildman–Crippen LogP) is 1.29.